The summed E-state index contributed by atoms with van der Waals surface area (Å²) < 4.78 is 2.10. The highest BCUT2D eigenvalue weighted by Crippen LogP contribution is 2.30. The van der Waals surface area contributed by atoms with Crippen LogP contribution in [0.2, 0.25) is 0 Å². The molecule has 2 heterocycles. The second kappa shape index (κ2) is 7.38. The van der Waals surface area contributed by atoms with Crippen LogP contribution in [0.5, 0.6) is 0 Å². The van der Waals surface area contributed by atoms with Crippen LogP contribution in [0.25, 0.3) is 11.3 Å². The lowest BCUT2D eigenvalue weighted by Crippen LogP contribution is -2.30. The third-order valence-corrected chi connectivity index (χ3v) is 4.55. The number of carbonyl (C=O) groups excluding carboxylic acids is 1. The molecular formula is C20H28N4O. The van der Waals surface area contributed by atoms with E-state index in [2.05, 4.69) is 35.8 Å². The highest BCUT2D eigenvalue weighted by Gasteiger charge is 2.22. The average molecular weight is 340 g/mol. The van der Waals surface area contributed by atoms with Crippen molar-refractivity contribution in [1.29, 1.82) is 0 Å². The van der Waals surface area contributed by atoms with Crippen LogP contribution in [-0.2, 0) is 24.2 Å². The molecule has 1 aliphatic rings. The van der Waals surface area contributed by atoms with Gasteiger partial charge in [0.1, 0.15) is 0 Å². The fraction of sp³-hybridized carbons (Fsp3) is 0.550. The van der Waals surface area contributed by atoms with Crippen LogP contribution < -0.4 is 5.32 Å². The maximum Gasteiger partial charge on any atom is 0.220 e. The lowest BCUT2D eigenvalue weighted by Gasteiger charge is -2.18. The quantitative estimate of drug-likeness (QED) is 0.908. The molecule has 1 aliphatic carbocycles. The molecular weight excluding hydrogens is 312 g/mol. The first kappa shape index (κ1) is 17.6. The minimum absolute atomic E-state index is 0.0173. The minimum Gasteiger partial charge on any atom is -0.354 e. The first-order chi connectivity index (χ1) is 11.9. The molecule has 5 heteroatoms. The maximum absolute atomic E-state index is 12.0. The Balaban J connectivity index is 1.72. The average Bonchev–Trinajstić information content (AvgIpc) is 2.93. The summed E-state index contributed by atoms with van der Waals surface area (Å²) in [4.78, 5) is 16.1. The molecule has 5 nitrogen and oxygen atoms in total. The number of amides is 1. The predicted molar refractivity (Wildman–Crippen MR) is 99.2 cm³/mol. The standard InChI is InChI=1S/C20H28N4O/c1-20(2,3)14-18(25)22-12-13-24-17-7-5-4-6-16(17)19(23-24)15-8-10-21-11-9-15/h8-11H,4-7,12-14H2,1-3H3,(H,22,25). The number of fused-ring (bicyclic) bond motifs is 1. The second-order valence-electron chi connectivity index (χ2n) is 8.03. The van der Waals surface area contributed by atoms with E-state index in [1.54, 1.807) is 0 Å². The summed E-state index contributed by atoms with van der Waals surface area (Å²) in [6, 6.07) is 4.04. The van der Waals surface area contributed by atoms with Crippen molar-refractivity contribution in [2.24, 2.45) is 5.41 Å². The van der Waals surface area contributed by atoms with Crippen LogP contribution in [0, 0.1) is 5.41 Å². The zero-order valence-electron chi connectivity index (χ0n) is 15.5. The van der Waals surface area contributed by atoms with Crippen LogP contribution in [-0.4, -0.2) is 27.2 Å². The van der Waals surface area contributed by atoms with E-state index in [9.17, 15) is 4.79 Å². The highest BCUT2D eigenvalue weighted by atomic mass is 16.1. The van der Waals surface area contributed by atoms with Crippen molar-refractivity contribution in [2.75, 3.05) is 6.54 Å². The largest absolute Gasteiger partial charge is 0.354 e. The van der Waals surface area contributed by atoms with Gasteiger partial charge in [0.05, 0.1) is 12.2 Å². The molecule has 0 aliphatic heterocycles. The molecule has 0 saturated heterocycles. The molecule has 0 fully saturated rings. The van der Waals surface area contributed by atoms with Gasteiger partial charge in [-0.15, -0.1) is 0 Å². The van der Waals surface area contributed by atoms with Crippen molar-refractivity contribution < 1.29 is 4.79 Å². The summed E-state index contributed by atoms with van der Waals surface area (Å²) in [5.74, 6) is 0.114. The van der Waals surface area contributed by atoms with Crippen LogP contribution >= 0.6 is 0 Å². The Kier molecular flexibility index (Phi) is 5.21. The van der Waals surface area contributed by atoms with Gasteiger partial charge in [-0.05, 0) is 43.2 Å². The van der Waals surface area contributed by atoms with Crippen molar-refractivity contribution in [3.8, 4) is 11.3 Å². The van der Waals surface area contributed by atoms with E-state index in [4.69, 9.17) is 5.10 Å². The molecule has 0 unspecified atom stereocenters. The van der Waals surface area contributed by atoms with Gasteiger partial charge >= 0.3 is 0 Å². The van der Waals surface area contributed by atoms with Crippen molar-refractivity contribution >= 4 is 5.91 Å². The number of rotatable bonds is 5. The van der Waals surface area contributed by atoms with Gasteiger partial charge in [-0.25, -0.2) is 0 Å². The topological polar surface area (TPSA) is 59.8 Å². The fourth-order valence-electron chi connectivity index (χ4n) is 3.44. The van der Waals surface area contributed by atoms with E-state index < -0.39 is 0 Å². The summed E-state index contributed by atoms with van der Waals surface area (Å²) in [7, 11) is 0. The van der Waals surface area contributed by atoms with Gasteiger partial charge in [0.15, 0.2) is 0 Å². The molecule has 0 bridgehead atoms. The number of hydrogen-bond donors (Lipinski definition) is 1. The zero-order chi connectivity index (χ0) is 17.9. The van der Waals surface area contributed by atoms with Gasteiger partial charge < -0.3 is 5.32 Å². The van der Waals surface area contributed by atoms with Gasteiger partial charge in [0.25, 0.3) is 0 Å². The van der Waals surface area contributed by atoms with Crippen LogP contribution in [0.15, 0.2) is 24.5 Å². The lowest BCUT2D eigenvalue weighted by molar-refractivity contribution is -0.122. The van der Waals surface area contributed by atoms with Crippen LogP contribution in [0.3, 0.4) is 0 Å². The number of pyridine rings is 1. The first-order valence-electron chi connectivity index (χ1n) is 9.20. The van der Waals surface area contributed by atoms with E-state index in [1.165, 1.54) is 24.1 Å². The third kappa shape index (κ3) is 4.47. The van der Waals surface area contributed by atoms with E-state index in [0.717, 1.165) is 30.6 Å². The molecule has 0 aromatic carbocycles. The Morgan fingerprint density at radius 1 is 1.20 bits per heavy atom. The molecule has 0 spiro atoms. The molecule has 0 saturated carbocycles. The Bertz CT molecular complexity index is 728. The number of carbonyl (C=O) groups is 1. The van der Waals surface area contributed by atoms with Gasteiger partial charge in [0.2, 0.25) is 5.91 Å². The van der Waals surface area contributed by atoms with Crippen molar-refractivity contribution in [1.82, 2.24) is 20.1 Å². The fourth-order valence-corrected chi connectivity index (χ4v) is 3.44. The van der Waals surface area contributed by atoms with Crippen LogP contribution in [0.4, 0.5) is 0 Å². The van der Waals surface area contributed by atoms with Crippen molar-refractivity contribution in [3.63, 3.8) is 0 Å². The predicted octanol–water partition coefficient (Wildman–Crippen LogP) is 3.38. The first-order valence-corrected chi connectivity index (χ1v) is 9.20. The van der Waals surface area contributed by atoms with Crippen LogP contribution in [0.1, 0.15) is 51.3 Å². The van der Waals surface area contributed by atoms with Gasteiger partial charge in [-0.2, -0.15) is 5.10 Å². The zero-order valence-corrected chi connectivity index (χ0v) is 15.5. The summed E-state index contributed by atoms with van der Waals surface area (Å²) in [5.41, 5.74) is 4.94. The Morgan fingerprint density at radius 2 is 1.92 bits per heavy atom. The number of nitrogens with zero attached hydrogens (tertiary/aromatic N) is 3. The number of hydrogen-bond acceptors (Lipinski definition) is 3. The van der Waals surface area contributed by atoms with Gasteiger partial charge in [0, 0.05) is 42.2 Å². The molecule has 3 rings (SSSR count). The van der Waals surface area contributed by atoms with E-state index in [1.807, 2.05) is 24.5 Å². The smallest absolute Gasteiger partial charge is 0.220 e. The maximum atomic E-state index is 12.0. The summed E-state index contributed by atoms with van der Waals surface area (Å²) >= 11 is 0. The molecule has 25 heavy (non-hydrogen) atoms. The minimum atomic E-state index is 0.0173. The Hall–Kier alpha value is -2.17. The van der Waals surface area contributed by atoms with E-state index >= 15 is 0 Å². The summed E-state index contributed by atoms with van der Waals surface area (Å²) in [6.45, 7) is 7.59. The van der Waals surface area contributed by atoms with E-state index in [0.29, 0.717) is 13.0 Å². The molecule has 2 aromatic heterocycles. The summed E-state index contributed by atoms with van der Waals surface area (Å²) in [6.07, 6.45) is 8.77. The molecule has 2 aromatic rings. The lowest BCUT2D eigenvalue weighted by atomic mass is 9.92. The number of aromatic nitrogens is 3. The molecule has 0 radical (unpaired) electrons. The van der Waals surface area contributed by atoms with Crippen molar-refractivity contribution in [2.45, 2.75) is 59.4 Å². The summed E-state index contributed by atoms with van der Waals surface area (Å²) in [5, 5.41) is 7.90. The molecule has 1 N–H and O–H groups in total. The monoisotopic (exact) mass is 340 g/mol. The normalized spacial score (nSPS) is 14.2. The highest BCUT2D eigenvalue weighted by molar-refractivity contribution is 5.76. The molecule has 134 valence electrons. The Morgan fingerprint density at radius 3 is 2.64 bits per heavy atom. The van der Waals surface area contributed by atoms with E-state index in [-0.39, 0.29) is 11.3 Å². The Labute approximate surface area is 149 Å². The molecule has 0 atom stereocenters. The third-order valence-electron chi connectivity index (χ3n) is 4.55. The van der Waals surface area contributed by atoms with Gasteiger partial charge in [-0.3, -0.25) is 14.5 Å². The second-order valence-corrected chi connectivity index (χ2v) is 8.03. The SMILES string of the molecule is CC(C)(C)CC(=O)NCCn1nc(-c2ccncc2)c2c1CCCC2. The molecule has 1 amide bonds. The van der Waals surface area contributed by atoms with Gasteiger partial charge in [-0.1, -0.05) is 20.8 Å². The number of nitrogens with one attached hydrogen (secondary N) is 1. The van der Waals surface area contributed by atoms with Crippen molar-refractivity contribution in [3.05, 3.63) is 35.8 Å².